The highest BCUT2D eigenvalue weighted by atomic mass is 15.1. The van der Waals surface area contributed by atoms with Gasteiger partial charge < -0.3 is 11.1 Å². The van der Waals surface area contributed by atoms with E-state index >= 15 is 0 Å². The van der Waals surface area contributed by atoms with Crippen LogP contribution in [0.2, 0.25) is 0 Å². The SMILES string of the molecule is CCc1nc(N)cc(NC2(C)CCCC2)n1. The molecule has 1 aliphatic carbocycles. The van der Waals surface area contributed by atoms with E-state index < -0.39 is 0 Å². The standard InChI is InChI=1S/C12H20N4/c1-3-10-14-9(13)8-11(15-10)16-12(2)6-4-5-7-12/h8H,3-7H2,1-2H3,(H3,13,14,15,16). The van der Waals surface area contributed by atoms with Crippen molar-refractivity contribution in [3.63, 3.8) is 0 Å². The Morgan fingerprint density at radius 2 is 2.06 bits per heavy atom. The zero-order chi connectivity index (χ0) is 11.6. The van der Waals surface area contributed by atoms with E-state index in [0.717, 1.165) is 18.1 Å². The fourth-order valence-corrected chi connectivity index (χ4v) is 2.33. The van der Waals surface area contributed by atoms with Gasteiger partial charge >= 0.3 is 0 Å². The van der Waals surface area contributed by atoms with Crippen LogP contribution in [0.4, 0.5) is 11.6 Å². The molecule has 0 saturated heterocycles. The third-order valence-corrected chi connectivity index (χ3v) is 3.25. The Hall–Kier alpha value is -1.32. The maximum atomic E-state index is 5.76. The Morgan fingerprint density at radius 1 is 1.38 bits per heavy atom. The fourth-order valence-electron chi connectivity index (χ4n) is 2.33. The van der Waals surface area contributed by atoms with Crippen LogP contribution in [0.25, 0.3) is 0 Å². The van der Waals surface area contributed by atoms with Crippen molar-refractivity contribution in [3.8, 4) is 0 Å². The summed E-state index contributed by atoms with van der Waals surface area (Å²) in [7, 11) is 0. The first kappa shape index (κ1) is 11.2. The summed E-state index contributed by atoms with van der Waals surface area (Å²) < 4.78 is 0. The maximum absolute atomic E-state index is 5.76. The molecule has 0 atom stereocenters. The molecule has 1 aromatic heterocycles. The molecule has 0 spiro atoms. The van der Waals surface area contributed by atoms with Crippen molar-refractivity contribution < 1.29 is 0 Å². The molecule has 0 aliphatic heterocycles. The maximum Gasteiger partial charge on any atom is 0.132 e. The van der Waals surface area contributed by atoms with E-state index in [9.17, 15) is 0 Å². The van der Waals surface area contributed by atoms with Crippen LogP contribution < -0.4 is 11.1 Å². The largest absolute Gasteiger partial charge is 0.384 e. The van der Waals surface area contributed by atoms with Gasteiger partial charge in [-0.3, -0.25) is 0 Å². The van der Waals surface area contributed by atoms with Crippen molar-refractivity contribution >= 4 is 11.6 Å². The second kappa shape index (κ2) is 4.28. The van der Waals surface area contributed by atoms with Gasteiger partial charge in [0.15, 0.2) is 0 Å². The molecule has 0 amide bonds. The summed E-state index contributed by atoms with van der Waals surface area (Å²) in [4.78, 5) is 8.63. The van der Waals surface area contributed by atoms with Gasteiger partial charge in [0.25, 0.3) is 0 Å². The zero-order valence-corrected chi connectivity index (χ0v) is 10.1. The minimum Gasteiger partial charge on any atom is -0.384 e. The summed E-state index contributed by atoms with van der Waals surface area (Å²) in [5, 5.41) is 3.50. The molecule has 2 rings (SSSR count). The quantitative estimate of drug-likeness (QED) is 0.820. The van der Waals surface area contributed by atoms with E-state index in [-0.39, 0.29) is 5.54 Å². The predicted octanol–water partition coefficient (Wildman–Crippen LogP) is 2.37. The lowest BCUT2D eigenvalue weighted by atomic mass is 10.0. The average molecular weight is 220 g/mol. The van der Waals surface area contributed by atoms with Gasteiger partial charge in [-0.05, 0) is 19.8 Å². The Bertz CT molecular complexity index is 369. The molecular weight excluding hydrogens is 200 g/mol. The summed E-state index contributed by atoms with van der Waals surface area (Å²) in [6.45, 7) is 4.29. The monoisotopic (exact) mass is 220 g/mol. The van der Waals surface area contributed by atoms with Gasteiger partial charge in [0.05, 0.1) is 0 Å². The van der Waals surface area contributed by atoms with Crippen molar-refractivity contribution in [2.24, 2.45) is 0 Å². The normalized spacial score (nSPS) is 18.6. The second-order valence-corrected chi connectivity index (χ2v) is 4.84. The topological polar surface area (TPSA) is 63.8 Å². The summed E-state index contributed by atoms with van der Waals surface area (Å²) in [5.74, 6) is 2.23. The number of hydrogen-bond acceptors (Lipinski definition) is 4. The number of aromatic nitrogens is 2. The van der Waals surface area contributed by atoms with Crippen LogP contribution >= 0.6 is 0 Å². The van der Waals surface area contributed by atoms with Crippen LogP contribution in [0.5, 0.6) is 0 Å². The Labute approximate surface area is 96.7 Å². The third kappa shape index (κ3) is 2.43. The number of nitrogens with two attached hydrogens (primary N) is 1. The zero-order valence-electron chi connectivity index (χ0n) is 10.1. The molecule has 88 valence electrons. The molecule has 1 aliphatic rings. The minimum atomic E-state index is 0.186. The Kier molecular flexibility index (Phi) is 2.99. The number of hydrogen-bond donors (Lipinski definition) is 2. The molecule has 0 radical (unpaired) electrons. The Balaban J connectivity index is 2.17. The van der Waals surface area contributed by atoms with Crippen LogP contribution in [0.1, 0.15) is 45.4 Å². The van der Waals surface area contributed by atoms with Gasteiger partial charge in [0.2, 0.25) is 0 Å². The number of anilines is 2. The van der Waals surface area contributed by atoms with Gasteiger partial charge in [-0.1, -0.05) is 19.8 Å². The van der Waals surface area contributed by atoms with Crippen LogP contribution in [0.15, 0.2) is 6.07 Å². The first-order valence-electron chi connectivity index (χ1n) is 6.03. The molecule has 0 aromatic carbocycles. The van der Waals surface area contributed by atoms with Gasteiger partial charge in [-0.2, -0.15) is 0 Å². The molecular formula is C12H20N4. The lowest BCUT2D eigenvalue weighted by Crippen LogP contribution is -2.31. The van der Waals surface area contributed by atoms with E-state index in [1.54, 1.807) is 0 Å². The molecule has 1 saturated carbocycles. The third-order valence-electron chi connectivity index (χ3n) is 3.25. The van der Waals surface area contributed by atoms with E-state index in [2.05, 4.69) is 22.2 Å². The number of aryl methyl sites for hydroxylation is 1. The number of nitrogen functional groups attached to an aromatic ring is 1. The van der Waals surface area contributed by atoms with Crippen LogP contribution in [0.3, 0.4) is 0 Å². The van der Waals surface area contributed by atoms with E-state index in [1.807, 2.05) is 13.0 Å². The molecule has 4 nitrogen and oxygen atoms in total. The fraction of sp³-hybridized carbons (Fsp3) is 0.667. The highest BCUT2D eigenvalue weighted by molar-refractivity contribution is 5.46. The first-order valence-corrected chi connectivity index (χ1v) is 6.03. The molecule has 1 heterocycles. The Morgan fingerprint density at radius 3 is 2.69 bits per heavy atom. The van der Waals surface area contributed by atoms with Gasteiger partial charge in [-0.15, -0.1) is 0 Å². The van der Waals surface area contributed by atoms with Crippen molar-refractivity contribution in [2.75, 3.05) is 11.1 Å². The van der Waals surface area contributed by atoms with Gasteiger partial charge in [0.1, 0.15) is 17.5 Å². The summed E-state index contributed by atoms with van der Waals surface area (Å²) in [6.07, 6.45) is 5.82. The number of nitrogens with zero attached hydrogens (tertiary/aromatic N) is 2. The molecule has 4 heteroatoms. The lowest BCUT2D eigenvalue weighted by molar-refractivity contribution is 0.530. The highest BCUT2D eigenvalue weighted by Crippen LogP contribution is 2.32. The molecule has 3 N–H and O–H groups in total. The average Bonchev–Trinajstić information content (AvgIpc) is 2.63. The summed E-state index contributed by atoms with van der Waals surface area (Å²) in [5.41, 5.74) is 5.95. The highest BCUT2D eigenvalue weighted by Gasteiger charge is 2.28. The lowest BCUT2D eigenvalue weighted by Gasteiger charge is -2.26. The van der Waals surface area contributed by atoms with Crippen LogP contribution in [-0.2, 0) is 6.42 Å². The van der Waals surface area contributed by atoms with Crippen LogP contribution in [0, 0.1) is 0 Å². The molecule has 16 heavy (non-hydrogen) atoms. The van der Waals surface area contributed by atoms with E-state index in [4.69, 9.17) is 5.73 Å². The summed E-state index contributed by atoms with van der Waals surface area (Å²) in [6, 6.07) is 1.82. The van der Waals surface area contributed by atoms with Crippen molar-refractivity contribution in [1.82, 2.24) is 9.97 Å². The molecule has 1 fully saturated rings. The second-order valence-electron chi connectivity index (χ2n) is 4.84. The van der Waals surface area contributed by atoms with Gasteiger partial charge in [-0.25, -0.2) is 9.97 Å². The van der Waals surface area contributed by atoms with Crippen molar-refractivity contribution in [1.29, 1.82) is 0 Å². The summed E-state index contributed by atoms with van der Waals surface area (Å²) >= 11 is 0. The van der Waals surface area contributed by atoms with Crippen LogP contribution in [-0.4, -0.2) is 15.5 Å². The smallest absolute Gasteiger partial charge is 0.132 e. The van der Waals surface area contributed by atoms with Gasteiger partial charge in [0, 0.05) is 18.0 Å². The molecule has 0 unspecified atom stereocenters. The first-order chi connectivity index (χ1) is 7.61. The molecule has 1 aromatic rings. The van der Waals surface area contributed by atoms with Crippen molar-refractivity contribution in [3.05, 3.63) is 11.9 Å². The minimum absolute atomic E-state index is 0.186. The predicted molar refractivity (Wildman–Crippen MR) is 66.3 cm³/mol. The van der Waals surface area contributed by atoms with Crippen molar-refractivity contribution in [2.45, 2.75) is 51.5 Å². The van der Waals surface area contributed by atoms with E-state index in [0.29, 0.717) is 5.82 Å². The molecule has 0 bridgehead atoms. The number of nitrogens with one attached hydrogen (secondary N) is 1. The van der Waals surface area contributed by atoms with E-state index in [1.165, 1.54) is 25.7 Å². The number of rotatable bonds is 3.